The lowest BCUT2D eigenvalue weighted by molar-refractivity contribution is 0.528. The minimum atomic E-state index is -2.91. The second-order valence-electron chi connectivity index (χ2n) is 5.08. The van der Waals surface area contributed by atoms with Gasteiger partial charge in [0.1, 0.15) is 0 Å². The molecule has 0 bridgehead atoms. The van der Waals surface area contributed by atoms with Gasteiger partial charge >= 0.3 is 0 Å². The van der Waals surface area contributed by atoms with Gasteiger partial charge in [-0.05, 0) is 52.6 Å². The molecule has 0 radical (unpaired) electrons. The molecule has 0 aromatic carbocycles. The molecular formula is C10H21NO2S. The standard InChI is InChI=1S/C10H21NO2S/c1-10(2,3)14(12,13)7-5-9-4-6-11-8-9/h9,11H,4-8H2,1-3H3/t9-/m1/s1. The molecule has 0 saturated carbocycles. The summed E-state index contributed by atoms with van der Waals surface area (Å²) in [6.07, 6.45) is 1.94. The van der Waals surface area contributed by atoms with Gasteiger partial charge in [-0.15, -0.1) is 0 Å². The third-order valence-corrected chi connectivity index (χ3v) is 5.53. The molecule has 0 aliphatic carbocycles. The highest BCUT2D eigenvalue weighted by Crippen LogP contribution is 2.20. The van der Waals surface area contributed by atoms with E-state index in [0.717, 1.165) is 25.9 Å². The van der Waals surface area contributed by atoms with Gasteiger partial charge in [-0.25, -0.2) is 8.42 Å². The van der Waals surface area contributed by atoms with E-state index in [9.17, 15) is 8.42 Å². The van der Waals surface area contributed by atoms with Crippen LogP contribution < -0.4 is 5.32 Å². The minimum Gasteiger partial charge on any atom is -0.316 e. The molecule has 84 valence electrons. The molecular weight excluding hydrogens is 198 g/mol. The highest BCUT2D eigenvalue weighted by atomic mass is 32.2. The van der Waals surface area contributed by atoms with Crippen LogP contribution in [0.3, 0.4) is 0 Å². The first-order valence-electron chi connectivity index (χ1n) is 5.26. The summed E-state index contributed by atoms with van der Waals surface area (Å²) in [5.74, 6) is 0.898. The van der Waals surface area contributed by atoms with Crippen LogP contribution in [0.15, 0.2) is 0 Å². The molecule has 3 nitrogen and oxygen atoms in total. The minimum absolute atomic E-state index is 0.336. The molecule has 1 heterocycles. The third kappa shape index (κ3) is 2.95. The van der Waals surface area contributed by atoms with Crippen molar-refractivity contribution in [3.8, 4) is 0 Å². The lowest BCUT2D eigenvalue weighted by Gasteiger charge is -2.20. The Morgan fingerprint density at radius 3 is 2.43 bits per heavy atom. The molecule has 1 fully saturated rings. The number of hydrogen-bond donors (Lipinski definition) is 1. The van der Waals surface area contributed by atoms with Crippen LogP contribution >= 0.6 is 0 Å². The van der Waals surface area contributed by atoms with E-state index in [4.69, 9.17) is 0 Å². The molecule has 1 N–H and O–H groups in total. The van der Waals surface area contributed by atoms with Crippen LogP contribution in [0.5, 0.6) is 0 Å². The van der Waals surface area contributed by atoms with Crippen molar-refractivity contribution in [1.29, 1.82) is 0 Å². The molecule has 0 spiro atoms. The Kier molecular flexibility index (Phi) is 3.58. The van der Waals surface area contributed by atoms with E-state index < -0.39 is 14.6 Å². The SMILES string of the molecule is CC(C)(C)S(=O)(=O)CC[C@H]1CCNC1. The summed E-state index contributed by atoms with van der Waals surface area (Å²) >= 11 is 0. The lowest BCUT2D eigenvalue weighted by Crippen LogP contribution is -2.31. The summed E-state index contributed by atoms with van der Waals surface area (Å²) in [5.41, 5.74) is 0. The van der Waals surface area contributed by atoms with Crippen molar-refractivity contribution in [2.45, 2.75) is 38.4 Å². The van der Waals surface area contributed by atoms with Crippen LogP contribution in [0.25, 0.3) is 0 Å². The molecule has 1 atom stereocenters. The molecule has 1 rings (SSSR count). The average Bonchev–Trinajstić information content (AvgIpc) is 2.50. The normalized spacial score (nSPS) is 24.1. The van der Waals surface area contributed by atoms with E-state index in [1.807, 2.05) is 0 Å². The Balaban J connectivity index is 2.44. The van der Waals surface area contributed by atoms with Gasteiger partial charge < -0.3 is 5.32 Å². The van der Waals surface area contributed by atoms with Crippen molar-refractivity contribution in [2.75, 3.05) is 18.8 Å². The highest BCUT2D eigenvalue weighted by Gasteiger charge is 2.29. The topological polar surface area (TPSA) is 46.2 Å². The molecule has 4 heteroatoms. The predicted octanol–water partition coefficient (Wildman–Crippen LogP) is 1.20. The van der Waals surface area contributed by atoms with Crippen LogP contribution in [0, 0.1) is 5.92 Å². The summed E-state index contributed by atoms with van der Waals surface area (Å²) < 4.78 is 23.0. The maximum atomic E-state index is 11.8. The van der Waals surface area contributed by atoms with Crippen molar-refractivity contribution < 1.29 is 8.42 Å². The Bertz CT molecular complexity index is 271. The van der Waals surface area contributed by atoms with Crippen LogP contribution in [0.2, 0.25) is 0 Å². The molecule has 0 amide bonds. The summed E-state index contributed by atoms with van der Waals surface area (Å²) in [5, 5.41) is 3.25. The van der Waals surface area contributed by atoms with E-state index in [-0.39, 0.29) is 0 Å². The van der Waals surface area contributed by atoms with Gasteiger partial charge in [0, 0.05) is 0 Å². The van der Waals surface area contributed by atoms with E-state index in [0.29, 0.717) is 11.7 Å². The number of nitrogens with one attached hydrogen (secondary N) is 1. The van der Waals surface area contributed by atoms with Gasteiger partial charge in [0.05, 0.1) is 10.5 Å². The monoisotopic (exact) mass is 219 g/mol. The second kappa shape index (κ2) is 4.19. The summed E-state index contributed by atoms with van der Waals surface area (Å²) in [4.78, 5) is 0. The highest BCUT2D eigenvalue weighted by molar-refractivity contribution is 7.92. The van der Waals surface area contributed by atoms with Crippen LogP contribution in [-0.2, 0) is 9.84 Å². The van der Waals surface area contributed by atoms with E-state index in [2.05, 4.69) is 5.32 Å². The Labute approximate surface area is 87.2 Å². The summed E-state index contributed by atoms with van der Waals surface area (Å²) in [6, 6.07) is 0. The summed E-state index contributed by atoms with van der Waals surface area (Å²) in [6.45, 7) is 7.35. The zero-order valence-electron chi connectivity index (χ0n) is 9.34. The van der Waals surface area contributed by atoms with Crippen molar-refractivity contribution in [1.82, 2.24) is 5.32 Å². The zero-order chi connectivity index (χ0) is 10.8. The largest absolute Gasteiger partial charge is 0.316 e. The van der Waals surface area contributed by atoms with Gasteiger partial charge in [-0.3, -0.25) is 0 Å². The fourth-order valence-electron chi connectivity index (χ4n) is 1.59. The lowest BCUT2D eigenvalue weighted by atomic mass is 10.1. The van der Waals surface area contributed by atoms with Crippen molar-refractivity contribution >= 4 is 9.84 Å². The van der Waals surface area contributed by atoms with Gasteiger partial charge in [0.2, 0.25) is 0 Å². The van der Waals surface area contributed by atoms with Gasteiger partial charge in [-0.1, -0.05) is 0 Å². The Hall–Kier alpha value is -0.0900. The first-order chi connectivity index (χ1) is 6.33. The molecule has 0 unspecified atom stereocenters. The van der Waals surface area contributed by atoms with Crippen molar-refractivity contribution in [3.05, 3.63) is 0 Å². The van der Waals surface area contributed by atoms with E-state index in [1.165, 1.54) is 0 Å². The van der Waals surface area contributed by atoms with Gasteiger partial charge in [-0.2, -0.15) is 0 Å². The first kappa shape index (κ1) is 12.0. The van der Waals surface area contributed by atoms with Crippen LogP contribution in [0.4, 0.5) is 0 Å². The van der Waals surface area contributed by atoms with Crippen molar-refractivity contribution in [2.24, 2.45) is 5.92 Å². The molecule has 0 aromatic rings. The molecule has 0 aromatic heterocycles. The number of hydrogen-bond acceptors (Lipinski definition) is 3. The van der Waals surface area contributed by atoms with Crippen LogP contribution in [0.1, 0.15) is 33.6 Å². The Morgan fingerprint density at radius 1 is 1.36 bits per heavy atom. The van der Waals surface area contributed by atoms with E-state index >= 15 is 0 Å². The zero-order valence-corrected chi connectivity index (χ0v) is 10.2. The smallest absolute Gasteiger partial charge is 0.155 e. The maximum Gasteiger partial charge on any atom is 0.155 e. The molecule has 14 heavy (non-hydrogen) atoms. The fourth-order valence-corrected chi connectivity index (χ4v) is 2.84. The fraction of sp³-hybridized carbons (Fsp3) is 1.00. The summed E-state index contributed by atoms with van der Waals surface area (Å²) in [7, 11) is -2.91. The maximum absolute atomic E-state index is 11.8. The average molecular weight is 219 g/mol. The van der Waals surface area contributed by atoms with Crippen LogP contribution in [-0.4, -0.2) is 32.0 Å². The van der Waals surface area contributed by atoms with E-state index in [1.54, 1.807) is 20.8 Å². The van der Waals surface area contributed by atoms with Gasteiger partial charge in [0.25, 0.3) is 0 Å². The third-order valence-electron chi connectivity index (χ3n) is 2.89. The molecule has 1 saturated heterocycles. The second-order valence-corrected chi connectivity index (χ2v) is 7.94. The number of rotatable bonds is 3. The quantitative estimate of drug-likeness (QED) is 0.776. The van der Waals surface area contributed by atoms with Gasteiger partial charge in [0.15, 0.2) is 9.84 Å². The Morgan fingerprint density at radius 2 is 2.00 bits per heavy atom. The van der Waals surface area contributed by atoms with Crippen molar-refractivity contribution in [3.63, 3.8) is 0 Å². The number of sulfone groups is 1. The molecule has 1 aliphatic rings. The molecule has 1 aliphatic heterocycles. The first-order valence-corrected chi connectivity index (χ1v) is 6.91. The predicted molar refractivity (Wildman–Crippen MR) is 59.1 cm³/mol.